The summed E-state index contributed by atoms with van der Waals surface area (Å²) in [5.74, 6) is 0.586. The molecule has 8 nitrogen and oxygen atoms in total. The summed E-state index contributed by atoms with van der Waals surface area (Å²) in [5, 5.41) is 8.94. The summed E-state index contributed by atoms with van der Waals surface area (Å²) in [4.78, 5) is 11.9. The first-order valence-corrected chi connectivity index (χ1v) is 11.2. The van der Waals surface area contributed by atoms with E-state index in [9.17, 15) is 0 Å². The van der Waals surface area contributed by atoms with E-state index in [1.165, 1.54) is 0 Å². The maximum atomic E-state index is 6.41. The van der Waals surface area contributed by atoms with E-state index in [0.717, 1.165) is 97.1 Å². The van der Waals surface area contributed by atoms with Crippen LogP contribution in [0.5, 0.6) is 0 Å². The molecule has 1 saturated heterocycles. The fourth-order valence-corrected chi connectivity index (χ4v) is 4.87. The first kappa shape index (κ1) is 20.5. The minimum absolute atomic E-state index is 0.586. The van der Waals surface area contributed by atoms with Gasteiger partial charge in [-0.15, -0.1) is 0 Å². The molecule has 31 heavy (non-hydrogen) atoms. The Labute approximate surface area is 187 Å². The summed E-state index contributed by atoms with van der Waals surface area (Å²) >= 11 is 6.41. The summed E-state index contributed by atoms with van der Waals surface area (Å²) in [6.07, 6.45) is 2.82. The van der Waals surface area contributed by atoms with Crippen LogP contribution >= 0.6 is 11.6 Å². The number of hydrogen-bond donors (Lipinski definition) is 1. The van der Waals surface area contributed by atoms with Crippen molar-refractivity contribution in [1.29, 1.82) is 0 Å². The third kappa shape index (κ3) is 3.84. The van der Waals surface area contributed by atoms with Crippen LogP contribution in [0.3, 0.4) is 0 Å². The maximum absolute atomic E-state index is 6.41. The highest BCUT2D eigenvalue weighted by Crippen LogP contribution is 2.35. The largest absolute Gasteiger partial charge is 0.379 e. The predicted molar refractivity (Wildman–Crippen MR) is 121 cm³/mol. The highest BCUT2D eigenvalue weighted by Gasteiger charge is 2.23. The van der Waals surface area contributed by atoms with Crippen LogP contribution < -0.4 is 5.32 Å². The van der Waals surface area contributed by atoms with Crippen molar-refractivity contribution in [3.05, 3.63) is 39.9 Å². The zero-order chi connectivity index (χ0) is 21.5. The van der Waals surface area contributed by atoms with Crippen LogP contribution in [0.1, 0.15) is 22.5 Å². The number of fused-ring (bicyclic) bond motifs is 3. The van der Waals surface area contributed by atoms with Crippen LogP contribution in [0.2, 0.25) is 5.15 Å². The molecule has 0 bridgehead atoms. The summed E-state index contributed by atoms with van der Waals surface area (Å²) in [5.41, 5.74) is 7.36. The number of hydrogen-bond acceptors (Lipinski definition) is 6. The predicted octanol–water partition coefficient (Wildman–Crippen LogP) is 3.35. The number of anilines is 2. The van der Waals surface area contributed by atoms with Crippen molar-refractivity contribution in [2.75, 3.05) is 38.2 Å². The van der Waals surface area contributed by atoms with E-state index >= 15 is 0 Å². The normalized spacial score (nSPS) is 16.3. The molecule has 0 aromatic carbocycles. The topological polar surface area (TPSA) is 73.0 Å². The Bertz CT molecular complexity index is 1110. The van der Waals surface area contributed by atoms with E-state index in [0.29, 0.717) is 5.95 Å². The fraction of sp³-hybridized carbons (Fsp3) is 0.500. The molecule has 1 N–H and O–H groups in total. The molecule has 9 heteroatoms. The molecule has 0 spiro atoms. The molecule has 2 aliphatic heterocycles. The van der Waals surface area contributed by atoms with Gasteiger partial charge in [0.1, 0.15) is 5.15 Å². The van der Waals surface area contributed by atoms with Gasteiger partial charge in [0.05, 0.1) is 48.2 Å². The molecule has 5 rings (SSSR count). The molecular formula is C22H28ClN7O. The van der Waals surface area contributed by atoms with Crippen LogP contribution in [0.15, 0.2) is 12.3 Å². The van der Waals surface area contributed by atoms with Gasteiger partial charge < -0.3 is 14.6 Å². The molecule has 0 saturated carbocycles. The lowest BCUT2D eigenvalue weighted by molar-refractivity contribution is 0.0359. The van der Waals surface area contributed by atoms with Gasteiger partial charge in [-0.3, -0.25) is 9.58 Å². The lowest BCUT2D eigenvalue weighted by atomic mass is 10.0. The van der Waals surface area contributed by atoms with Gasteiger partial charge in [-0.05, 0) is 38.8 Å². The second-order valence-electron chi connectivity index (χ2n) is 8.32. The highest BCUT2D eigenvalue weighted by molar-refractivity contribution is 6.30. The van der Waals surface area contributed by atoms with Gasteiger partial charge in [0.25, 0.3) is 0 Å². The molecule has 0 unspecified atom stereocenters. The number of aryl methyl sites for hydroxylation is 3. The van der Waals surface area contributed by atoms with Crippen LogP contribution in [0, 0.1) is 20.8 Å². The molecule has 0 atom stereocenters. The summed E-state index contributed by atoms with van der Waals surface area (Å²) in [6, 6.07) is 2.01. The Balaban J connectivity index is 1.38. The van der Waals surface area contributed by atoms with Crippen molar-refractivity contribution >= 4 is 23.2 Å². The molecule has 0 amide bonds. The van der Waals surface area contributed by atoms with Crippen LogP contribution in [0.25, 0.3) is 11.4 Å². The Morgan fingerprint density at radius 3 is 2.74 bits per heavy atom. The monoisotopic (exact) mass is 441 g/mol. The van der Waals surface area contributed by atoms with E-state index in [4.69, 9.17) is 26.4 Å². The van der Waals surface area contributed by atoms with E-state index in [1.54, 1.807) is 0 Å². The molecule has 164 valence electrons. The van der Waals surface area contributed by atoms with E-state index in [-0.39, 0.29) is 0 Å². The van der Waals surface area contributed by atoms with Crippen molar-refractivity contribution < 1.29 is 4.74 Å². The number of halogens is 1. The Hall–Kier alpha value is -2.42. The number of morpholine rings is 1. The number of ether oxygens (including phenoxy) is 1. The average molecular weight is 442 g/mol. The number of nitrogens with one attached hydrogen (secondary N) is 1. The van der Waals surface area contributed by atoms with Crippen molar-refractivity contribution in [1.82, 2.24) is 29.2 Å². The molecule has 5 heterocycles. The highest BCUT2D eigenvalue weighted by atomic mass is 35.5. The summed E-state index contributed by atoms with van der Waals surface area (Å²) < 4.78 is 9.64. The standard InChI is InChI=1S/C22H28ClN7O/c1-14-12-18(23)29-5-4-17-13-24-22(26-20(17)21(14)29)25-19-15(2)27-30(16(19)3)7-6-28-8-10-31-11-9-28/h12-13H,4-11H2,1-3H3,(H,24,25,26). The van der Waals surface area contributed by atoms with E-state index < -0.39 is 0 Å². The SMILES string of the molecule is Cc1cc(Cl)n2c1-c1nc(Nc3c(C)nn(CCN4CCOCC4)c3C)ncc1CC2. The van der Waals surface area contributed by atoms with Crippen molar-refractivity contribution in [3.63, 3.8) is 0 Å². The molecule has 0 aliphatic carbocycles. The smallest absolute Gasteiger partial charge is 0.227 e. The second-order valence-corrected chi connectivity index (χ2v) is 8.70. The Kier molecular flexibility index (Phi) is 5.45. The molecule has 0 radical (unpaired) electrons. The number of nitrogens with zero attached hydrogens (tertiary/aromatic N) is 6. The Morgan fingerprint density at radius 2 is 1.94 bits per heavy atom. The van der Waals surface area contributed by atoms with Crippen molar-refractivity contribution in [3.8, 4) is 11.4 Å². The van der Waals surface area contributed by atoms with E-state index in [1.807, 2.05) is 19.2 Å². The number of aromatic nitrogens is 5. The van der Waals surface area contributed by atoms with Gasteiger partial charge in [-0.1, -0.05) is 11.6 Å². The number of rotatable bonds is 5. The lowest BCUT2D eigenvalue weighted by Crippen LogP contribution is -2.38. The summed E-state index contributed by atoms with van der Waals surface area (Å²) in [7, 11) is 0. The van der Waals surface area contributed by atoms with Gasteiger partial charge in [0.2, 0.25) is 5.95 Å². The van der Waals surface area contributed by atoms with Gasteiger partial charge in [0, 0.05) is 37.9 Å². The quantitative estimate of drug-likeness (QED) is 0.654. The third-order valence-corrected chi connectivity index (χ3v) is 6.59. The zero-order valence-corrected chi connectivity index (χ0v) is 19.0. The lowest BCUT2D eigenvalue weighted by Gasteiger charge is -2.26. The average Bonchev–Trinajstić information content (AvgIpc) is 3.22. The summed E-state index contributed by atoms with van der Waals surface area (Å²) in [6.45, 7) is 12.5. The maximum Gasteiger partial charge on any atom is 0.227 e. The Morgan fingerprint density at radius 1 is 1.13 bits per heavy atom. The molecule has 3 aromatic rings. The minimum Gasteiger partial charge on any atom is -0.379 e. The first-order valence-electron chi connectivity index (χ1n) is 10.8. The van der Waals surface area contributed by atoms with Crippen LogP contribution in [-0.4, -0.2) is 62.1 Å². The van der Waals surface area contributed by atoms with Gasteiger partial charge in [-0.2, -0.15) is 5.10 Å². The molecule has 1 fully saturated rings. The van der Waals surface area contributed by atoms with E-state index in [2.05, 4.69) is 38.3 Å². The minimum atomic E-state index is 0.586. The second kappa shape index (κ2) is 8.26. The van der Waals surface area contributed by atoms with Gasteiger partial charge in [0.15, 0.2) is 0 Å². The fourth-order valence-electron chi connectivity index (χ4n) is 4.53. The van der Waals surface area contributed by atoms with Gasteiger partial charge in [-0.25, -0.2) is 9.97 Å². The van der Waals surface area contributed by atoms with Crippen LogP contribution in [-0.2, 0) is 24.2 Å². The third-order valence-electron chi connectivity index (χ3n) is 6.28. The molecule has 2 aliphatic rings. The molecular weight excluding hydrogens is 414 g/mol. The van der Waals surface area contributed by atoms with Gasteiger partial charge >= 0.3 is 0 Å². The first-order chi connectivity index (χ1) is 15.0. The molecule has 3 aromatic heterocycles. The zero-order valence-electron chi connectivity index (χ0n) is 18.3. The van der Waals surface area contributed by atoms with Crippen molar-refractivity contribution in [2.45, 2.75) is 40.3 Å². The van der Waals surface area contributed by atoms with Crippen molar-refractivity contribution in [2.24, 2.45) is 0 Å². The van der Waals surface area contributed by atoms with Crippen LogP contribution in [0.4, 0.5) is 11.6 Å².